The number of aromatic nitrogens is 5. The van der Waals surface area contributed by atoms with Crippen LogP contribution in [0.15, 0.2) is 18.7 Å². The van der Waals surface area contributed by atoms with Crippen molar-refractivity contribution in [1.82, 2.24) is 34.9 Å². The molecule has 26 heavy (non-hydrogen) atoms. The molecule has 0 atom stereocenters. The van der Waals surface area contributed by atoms with Crippen molar-refractivity contribution in [3.05, 3.63) is 28.6 Å². The summed E-state index contributed by atoms with van der Waals surface area (Å²) in [7, 11) is 1.87. The summed E-state index contributed by atoms with van der Waals surface area (Å²) in [4.78, 5) is 30.4. The lowest BCUT2D eigenvalue weighted by molar-refractivity contribution is 0.194. The van der Waals surface area contributed by atoms with Gasteiger partial charge in [0.2, 0.25) is 0 Å². The summed E-state index contributed by atoms with van der Waals surface area (Å²) in [5.74, 6) is 0.878. The van der Waals surface area contributed by atoms with Gasteiger partial charge >= 0.3 is 6.03 Å². The highest BCUT2D eigenvalue weighted by Gasteiger charge is 2.23. The molecular formula is C16H20N8OS. The van der Waals surface area contributed by atoms with Crippen LogP contribution < -0.4 is 10.2 Å². The van der Waals surface area contributed by atoms with E-state index in [-0.39, 0.29) is 6.03 Å². The van der Waals surface area contributed by atoms with Gasteiger partial charge in [-0.15, -0.1) is 11.3 Å². The van der Waals surface area contributed by atoms with Gasteiger partial charge < -0.3 is 15.1 Å². The number of nitrogens with zero attached hydrogens (tertiary/aromatic N) is 7. The van der Waals surface area contributed by atoms with Crippen LogP contribution in [-0.4, -0.2) is 61.8 Å². The molecule has 0 spiro atoms. The third-order valence-corrected chi connectivity index (χ3v) is 5.37. The van der Waals surface area contributed by atoms with Gasteiger partial charge in [-0.1, -0.05) is 0 Å². The lowest BCUT2D eigenvalue weighted by Crippen LogP contribution is -2.51. The van der Waals surface area contributed by atoms with Crippen molar-refractivity contribution in [3.63, 3.8) is 0 Å². The first-order chi connectivity index (χ1) is 12.6. The van der Waals surface area contributed by atoms with Crippen LogP contribution in [0.25, 0.3) is 11.0 Å². The highest BCUT2D eigenvalue weighted by molar-refractivity contribution is 7.11. The zero-order valence-corrected chi connectivity index (χ0v) is 15.5. The van der Waals surface area contributed by atoms with Crippen molar-refractivity contribution >= 4 is 34.2 Å². The number of fused-ring (bicyclic) bond motifs is 1. The second kappa shape index (κ2) is 6.87. The van der Waals surface area contributed by atoms with Gasteiger partial charge in [-0.2, -0.15) is 5.10 Å². The second-order valence-electron chi connectivity index (χ2n) is 6.18. The van der Waals surface area contributed by atoms with Crippen LogP contribution in [0.1, 0.15) is 9.88 Å². The molecule has 1 fully saturated rings. The molecule has 4 heterocycles. The number of hydrogen-bond acceptors (Lipinski definition) is 7. The SMILES string of the molecule is Cc1ncc(CNC(=O)N2CCN(c3ncnc4c3cnn4C)CC2)s1. The van der Waals surface area contributed by atoms with E-state index in [1.54, 1.807) is 28.5 Å². The van der Waals surface area contributed by atoms with E-state index >= 15 is 0 Å². The Morgan fingerprint density at radius 2 is 2.00 bits per heavy atom. The third-order valence-electron chi connectivity index (χ3n) is 4.46. The molecule has 9 nitrogen and oxygen atoms in total. The number of thiazole rings is 1. The molecule has 10 heteroatoms. The molecule has 0 bridgehead atoms. The fourth-order valence-electron chi connectivity index (χ4n) is 3.08. The fourth-order valence-corrected chi connectivity index (χ4v) is 3.82. The Morgan fingerprint density at radius 3 is 2.73 bits per heavy atom. The number of piperazine rings is 1. The Balaban J connectivity index is 1.36. The zero-order valence-electron chi connectivity index (χ0n) is 14.7. The van der Waals surface area contributed by atoms with Crippen molar-refractivity contribution in [3.8, 4) is 0 Å². The minimum absolute atomic E-state index is 0.0371. The molecule has 1 N–H and O–H groups in total. The average molecular weight is 372 g/mol. The van der Waals surface area contributed by atoms with E-state index in [0.29, 0.717) is 19.6 Å². The Bertz CT molecular complexity index is 927. The number of hydrogen-bond donors (Lipinski definition) is 1. The molecule has 136 valence electrons. The van der Waals surface area contributed by atoms with E-state index < -0.39 is 0 Å². The Morgan fingerprint density at radius 1 is 1.19 bits per heavy atom. The molecule has 1 saturated heterocycles. The lowest BCUT2D eigenvalue weighted by Gasteiger charge is -2.35. The van der Waals surface area contributed by atoms with Gasteiger partial charge in [-0.05, 0) is 6.92 Å². The Labute approximate surface area is 154 Å². The molecule has 0 unspecified atom stereocenters. The van der Waals surface area contributed by atoms with Gasteiger partial charge in [0, 0.05) is 44.3 Å². The maximum Gasteiger partial charge on any atom is 0.317 e. The van der Waals surface area contributed by atoms with Gasteiger partial charge in [0.05, 0.1) is 23.1 Å². The van der Waals surface area contributed by atoms with Crippen LogP contribution in [-0.2, 0) is 13.6 Å². The highest BCUT2D eigenvalue weighted by Crippen LogP contribution is 2.23. The maximum atomic E-state index is 12.4. The lowest BCUT2D eigenvalue weighted by atomic mass is 10.3. The molecule has 3 aromatic rings. The smallest absolute Gasteiger partial charge is 0.317 e. The predicted octanol–water partition coefficient (Wildman–Crippen LogP) is 1.16. The second-order valence-corrected chi connectivity index (χ2v) is 7.50. The maximum absolute atomic E-state index is 12.4. The number of rotatable bonds is 3. The van der Waals surface area contributed by atoms with Gasteiger partial charge in [-0.25, -0.2) is 19.7 Å². The van der Waals surface area contributed by atoms with Crippen LogP contribution in [0.2, 0.25) is 0 Å². The predicted molar refractivity (Wildman–Crippen MR) is 99.2 cm³/mol. The third kappa shape index (κ3) is 3.19. The van der Waals surface area contributed by atoms with Crippen molar-refractivity contribution < 1.29 is 4.79 Å². The fraction of sp³-hybridized carbons (Fsp3) is 0.438. The minimum Gasteiger partial charge on any atom is -0.352 e. The first-order valence-electron chi connectivity index (χ1n) is 8.43. The van der Waals surface area contributed by atoms with Gasteiger partial charge in [-0.3, -0.25) is 4.68 Å². The van der Waals surface area contributed by atoms with Crippen LogP contribution in [0.4, 0.5) is 10.6 Å². The number of carbonyl (C=O) groups is 1. The number of carbonyl (C=O) groups excluding carboxylic acids is 1. The van der Waals surface area contributed by atoms with Crippen molar-refractivity contribution in [2.45, 2.75) is 13.5 Å². The van der Waals surface area contributed by atoms with Crippen LogP contribution in [0.3, 0.4) is 0 Å². The average Bonchev–Trinajstić information content (AvgIpc) is 3.25. The van der Waals surface area contributed by atoms with Crippen LogP contribution in [0, 0.1) is 6.92 Å². The van der Waals surface area contributed by atoms with E-state index in [9.17, 15) is 4.79 Å². The number of nitrogens with one attached hydrogen (secondary N) is 1. The summed E-state index contributed by atoms with van der Waals surface area (Å²) in [5, 5.41) is 9.17. The normalized spacial score (nSPS) is 14.8. The Hall–Kier alpha value is -2.75. The largest absolute Gasteiger partial charge is 0.352 e. The van der Waals surface area contributed by atoms with Crippen LogP contribution in [0.5, 0.6) is 0 Å². The Kier molecular flexibility index (Phi) is 4.41. The molecule has 0 saturated carbocycles. The monoisotopic (exact) mass is 372 g/mol. The van der Waals surface area contributed by atoms with E-state index in [4.69, 9.17) is 0 Å². The molecule has 4 rings (SSSR count). The molecule has 2 amide bonds. The summed E-state index contributed by atoms with van der Waals surface area (Å²) in [6, 6.07) is -0.0371. The minimum atomic E-state index is -0.0371. The van der Waals surface area contributed by atoms with Crippen LogP contribution >= 0.6 is 11.3 Å². The summed E-state index contributed by atoms with van der Waals surface area (Å²) < 4.78 is 1.74. The molecule has 0 aliphatic carbocycles. The number of anilines is 1. The van der Waals surface area contributed by atoms with Gasteiger partial charge in [0.1, 0.15) is 12.1 Å². The topological polar surface area (TPSA) is 92.1 Å². The summed E-state index contributed by atoms with van der Waals surface area (Å²) in [6.45, 7) is 5.25. The van der Waals surface area contributed by atoms with E-state index in [0.717, 1.165) is 39.8 Å². The first kappa shape index (κ1) is 16.7. The zero-order chi connectivity index (χ0) is 18.1. The summed E-state index contributed by atoms with van der Waals surface area (Å²) in [6.07, 6.45) is 5.17. The number of urea groups is 1. The first-order valence-corrected chi connectivity index (χ1v) is 9.25. The molecule has 1 aliphatic heterocycles. The molecule has 3 aromatic heterocycles. The van der Waals surface area contributed by atoms with E-state index in [2.05, 4.69) is 30.3 Å². The number of aryl methyl sites for hydroxylation is 2. The van der Waals surface area contributed by atoms with Crippen molar-refractivity contribution in [2.24, 2.45) is 7.05 Å². The summed E-state index contributed by atoms with van der Waals surface area (Å²) in [5.41, 5.74) is 0.815. The molecule has 0 aromatic carbocycles. The van der Waals surface area contributed by atoms with Crippen molar-refractivity contribution in [1.29, 1.82) is 0 Å². The molecule has 1 aliphatic rings. The standard InChI is InChI=1S/C16H20N8OS/c1-11-17-7-12(26-11)8-18-16(25)24-5-3-23(4-6-24)15-13-9-21-22(2)14(13)19-10-20-15/h7,9-10H,3-6,8H2,1-2H3,(H,18,25). The number of amides is 2. The highest BCUT2D eigenvalue weighted by atomic mass is 32.1. The molecule has 0 radical (unpaired) electrons. The summed E-state index contributed by atoms with van der Waals surface area (Å²) >= 11 is 1.60. The van der Waals surface area contributed by atoms with Gasteiger partial charge in [0.15, 0.2) is 5.65 Å². The quantitative estimate of drug-likeness (QED) is 0.742. The van der Waals surface area contributed by atoms with E-state index in [1.165, 1.54) is 0 Å². The van der Waals surface area contributed by atoms with Gasteiger partial charge in [0.25, 0.3) is 0 Å². The van der Waals surface area contributed by atoms with Crippen molar-refractivity contribution in [2.75, 3.05) is 31.1 Å². The molecular weight excluding hydrogens is 352 g/mol. The van der Waals surface area contributed by atoms with E-state index in [1.807, 2.05) is 25.1 Å².